The summed E-state index contributed by atoms with van der Waals surface area (Å²) in [6, 6.07) is 3.01. The molecule has 0 saturated carbocycles. The van der Waals surface area contributed by atoms with Gasteiger partial charge >= 0.3 is 0 Å². The number of hydrogen-bond acceptors (Lipinski definition) is 4. The summed E-state index contributed by atoms with van der Waals surface area (Å²) in [6.45, 7) is 0.507. The van der Waals surface area contributed by atoms with Crippen molar-refractivity contribution in [2.75, 3.05) is 25.0 Å². The van der Waals surface area contributed by atoms with Crippen molar-refractivity contribution in [1.29, 1.82) is 0 Å². The molecule has 0 amide bonds. The molecule has 0 spiro atoms. The number of nitrogens with one attached hydrogen (secondary N) is 2. The predicted octanol–water partition coefficient (Wildman–Crippen LogP) is 0.628. The first-order valence-electron chi connectivity index (χ1n) is 4.41. The van der Waals surface area contributed by atoms with Crippen LogP contribution in [0.2, 0.25) is 5.15 Å². The molecule has 6 nitrogen and oxygen atoms in total. The Morgan fingerprint density at radius 3 is 2.81 bits per heavy atom. The van der Waals surface area contributed by atoms with Gasteiger partial charge in [0.2, 0.25) is 0 Å². The number of hydrogen-bond donors (Lipinski definition) is 2. The molecule has 0 unspecified atom stereocenters. The van der Waals surface area contributed by atoms with Gasteiger partial charge in [-0.2, -0.15) is 13.1 Å². The van der Waals surface area contributed by atoms with E-state index in [0.717, 1.165) is 0 Å². The number of ether oxygens (including phenoxy) is 1. The molecule has 0 aromatic carbocycles. The lowest BCUT2D eigenvalue weighted by molar-refractivity contribution is 0.204. The van der Waals surface area contributed by atoms with Crippen molar-refractivity contribution in [2.24, 2.45) is 0 Å². The van der Waals surface area contributed by atoms with E-state index in [4.69, 9.17) is 16.3 Å². The summed E-state index contributed by atoms with van der Waals surface area (Å²) in [5.74, 6) is 0. The molecule has 1 aromatic heterocycles. The van der Waals surface area contributed by atoms with Crippen LogP contribution in [0.4, 0.5) is 5.69 Å². The third-order valence-corrected chi connectivity index (χ3v) is 2.89. The van der Waals surface area contributed by atoms with E-state index < -0.39 is 10.2 Å². The Morgan fingerprint density at radius 2 is 2.25 bits per heavy atom. The third kappa shape index (κ3) is 4.75. The van der Waals surface area contributed by atoms with Crippen LogP contribution in [0.3, 0.4) is 0 Å². The van der Waals surface area contributed by atoms with Crippen molar-refractivity contribution in [3.8, 4) is 0 Å². The predicted molar refractivity (Wildman–Crippen MR) is 61.7 cm³/mol. The molecule has 0 aliphatic rings. The molecule has 1 heterocycles. The normalized spacial score (nSPS) is 11.4. The van der Waals surface area contributed by atoms with E-state index in [2.05, 4.69) is 14.4 Å². The number of halogens is 1. The maximum absolute atomic E-state index is 11.4. The van der Waals surface area contributed by atoms with E-state index in [1.165, 1.54) is 25.4 Å². The smallest absolute Gasteiger partial charge is 0.299 e. The minimum atomic E-state index is -3.58. The van der Waals surface area contributed by atoms with E-state index in [9.17, 15) is 8.42 Å². The number of aromatic nitrogens is 1. The number of pyridine rings is 1. The fraction of sp³-hybridized carbons (Fsp3) is 0.375. The molecule has 0 fully saturated rings. The highest BCUT2D eigenvalue weighted by Gasteiger charge is 2.08. The number of nitrogens with zero attached hydrogens (tertiary/aromatic N) is 1. The molecular formula is C8H12ClN3O3S. The summed E-state index contributed by atoms with van der Waals surface area (Å²) in [5.41, 5.74) is 0.342. The lowest BCUT2D eigenvalue weighted by Crippen LogP contribution is -2.32. The van der Waals surface area contributed by atoms with E-state index in [1.807, 2.05) is 0 Å². The van der Waals surface area contributed by atoms with E-state index in [1.54, 1.807) is 0 Å². The van der Waals surface area contributed by atoms with Gasteiger partial charge in [-0.05, 0) is 12.1 Å². The average molecular weight is 266 g/mol. The zero-order valence-electron chi connectivity index (χ0n) is 8.60. The van der Waals surface area contributed by atoms with Gasteiger partial charge < -0.3 is 4.74 Å². The summed E-state index contributed by atoms with van der Waals surface area (Å²) < 4.78 is 32.1. The maximum Gasteiger partial charge on any atom is 0.299 e. The van der Waals surface area contributed by atoms with E-state index in [0.29, 0.717) is 17.4 Å². The first-order valence-corrected chi connectivity index (χ1v) is 6.27. The zero-order valence-corrected chi connectivity index (χ0v) is 10.2. The first kappa shape index (κ1) is 13.2. The Labute approximate surface area is 99.2 Å². The minimum Gasteiger partial charge on any atom is -0.383 e. The van der Waals surface area contributed by atoms with Crippen LogP contribution in [0.1, 0.15) is 0 Å². The Balaban J connectivity index is 2.55. The molecule has 2 N–H and O–H groups in total. The van der Waals surface area contributed by atoms with Crippen LogP contribution in [0, 0.1) is 0 Å². The second-order valence-corrected chi connectivity index (χ2v) is 4.75. The van der Waals surface area contributed by atoms with E-state index in [-0.39, 0.29) is 6.54 Å². The summed E-state index contributed by atoms with van der Waals surface area (Å²) in [7, 11) is -2.09. The molecule has 0 saturated heterocycles. The minimum absolute atomic E-state index is 0.201. The van der Waals surface area contributed by atoms with Gasteiger partial charge in [-0.15, -0.1) is 0 Å². The number of rotatable bonds is 6. The molecule has 8 heteroatoms. The SMILES string of the molecule is COCCNS(=O)(=O)Nc1ccc(Cl)nc1. The fourth-order valence-corrected chi connectivity index (χ4v) is 1.87. The van der Waals surface area contributed by atoms with Crippen LogP contribution >= 0.6 is 11.6 Å². The second-order valence-electron chi connectivity index (χ2n) is 2.86. The zero-order chi connectivity index (χ0) is 12.0. The average Bonchev–Trinajstić information content (AvgIpc) is 2.21. The molecule has 0 radical (unpaired) electrons. The number of methoxy groups -OCH3 is 1. The van der Waals surface area contributed by atoms with Crippen LogP contribution in [-0.4, -0.2) is 33.7 Å². The third-order valence-electron chi connectivity index (χ3n) is 1.58. The van der Waals surface area contributed by atoms with Gasteiger partial charge in [-0.1, -0.05) is 11.6 Å². The number of anilines is 1. The highest BCUT2D eigenvalue weighted by molar-refractivity contribution is 7.90. The summed E-state index contributed by atoms with van der Waals surface area (Å²) in [4.78, 5) is 3.75. The maximum atomic E-state index is 11.4. The van der Waals surface area contributed by atoms with E-state index >= 15 is 0 Å². The Bertz CT molecular complexity index is 421. The van der Waals surface area contributed by atoms with Crippen LogP contribution in [0.25, 0.3) is 0 Å². The highest BCUT2D eigenvalue weighted by Crippen LogP contribution is 2.10. The molecular weight excluding hydrogens is 254 g/mol. The summed E-state index contributed by atoms with van der Waals surface area (Å²) in [6.07, 6.45) is 1.33. The van der Waals surface area contributed by atoms with Gasteiger partial charge in [0.1, 0.15) is 5.15 Å². The molecule has 90 valence electrons. The lowest BCUT2D eigenvalue weighted by atomic mass is 10.4. The summed E-state index contributed by atoms with van der Waals surface area (Å²) in [5, 5.41) is 0.301. The van der Waals surface area contributed by atoms with Crippen molar-refractivity contribution in [3.63, 3.8) is 0 Å². The Hall–Kier alpha value is -0.890. The topological polar surface area (TPSA) is 80.3 Å². The van der Waals surface area contributed by atoms with Gasteiger partial charge in [-0.3, -0.25) is 4.72 Å². The van der Waals surface area contributed by atoms with Crippen LogP contribution in [-0.2, 0) is 14.9 Å². The van der Waals surface area contributed by atoms with Crippen molar-refractivity contribution in [1.82, 2.24) is 9.71 Å². The van der Waals surface area contributed by atoms with Gasteiger partial charge in [0.15, 0.2) is 0 Å². The van der Waals surface area contributed by atoms with Crippen molar-refractivity contribution in [3.05, 3.63) is 23.5 Å². The molecule has 0 aliphatic carbocycles. The molecule has 16 heavy (non-hydrogen) atoms. The van der Waals surface area contributed by atoms with Crippen molar-refractivity contribution < 1.29 is 13.2 Å². The largest absolute Gasteiger partial charge is 0.383 e. The standard InChI is InChI=1S/C8H12ClN3O3S/c1-15-5-4-11-16(13,14)12-7-2-3-8(9)10-6-7/h2-3,6,11-12H,4-5H2,1H3. The quantitative estimate of drug-likeness (QED) is 0.584. The molecule has 0 atom stereocenters. The highest BCUT2D eigenvalue weighted by atomic mass is 35.5. The van der Waals surface area contributed by atoms with Crippen LogP contribution in [0.15, 0.2) is 18.3 Å². The Kier molecular flexibility index (Phi) is 4.94. The van der Waals surface area contributed by atoms with Crippen LogP contribution < -0.4 is 9.44 Å². The fourth-order valence-electron chi connectivity index (χ4n) is 0.906. The van der Waals surface area contributed by atoms with Gasteiger partial charge in [-0.25, -0.2) is 4.98 Å². The first-order chi connectivity index (χ1) is 7.53. The second kappa shape index (κ2) is 6.00. The van der Waals surface area contributed by atoms with Gasteiger partial charge in [0, 0.05) is 13.7 Å². The molecule has 1 aromatic rings. The molecule has 0 bridgehead atoms. The Morgan fingerprint density at radius 1 is 1.50 bits per heavy atom. The van der Waals surface area contributed by atoms with Crippen molar-refractivity contribution >= 4 is 27.5 Å². The van der Waals surface area contributed by atoms with Crippen LogP contribution in [0.5, 0.6) is 0 Å². The monoisotopic (exact) mass is 265 g/mol. The molecule has 0 aliphatic heterocycles. The van der Waals surface area contributed by atoms with Crippen molar-refractivity contribution in [2.45, 2.75) is 0 Å². The molecule has 1 rings (SSSR count). The van der Waals surface area contributed by atoms with Gasteiger partial charge in [0.05, 0.1) is 18.5 Å². The van der Waals surface area contributed by atoms with Gasteiger partial charge in [0.25, 0.3) is 10.2 Å². The lowest BCUT2D eigenvalue weighted by Gasteiger charge is -2.08. The summed E-state index contributed by atoms with van der Waals surface area (Å²) >= 11 is 5.56.